The Hall–Kier alpha value is -1.00. The second-order valence-electron chi connectivity index (χ2n) is 4.99. The average molecular weight is 297 g/mol. The zero-order chi connectivity index (χ0) is 14.8. The molecule has 0 fully saturated rings. The Balaban J connectivity index is 2.27. The SMILES string of the molecule is CCCCCCCCOCc1ccc(F)cc1C(N)=S. The summed E-state index contributed by atoms with van der Waals surface area (Å²) in [5.74, 6) is -0.326. The standard InChI is InChI=1S/C16H24FNOS/c1-2-3-4-5-6-7-10-19-12-13-8-9-14(17)11-15(13)16(18)20/h8-9,11H,2-7,10,12H2,1H3,(H2,18,20). The lowest BCUT2D eigenvalue weighted by atomic mass is 10.1. The molecule has 0 spiro atoms. The predicted molar refractivity (Wildman–Crippen MR) is 85.3 cm³/mol. The van der Waals surface area contributed by atoms with E-state index < -0.39 is 0 Å². The molecule has 1 aromatic rings. The van der Waals surface area contributed by atoms with Gasteiger partial charge in [-0.25, -0.2) is 4.39 Å². The molecule has 1 rings (SSSR count). The van der Waals surface area contributed by atoms with E-state index >= 15 is 0 Å². The molecular formula is C16H24FNOS. The zero-order valence-corrected chi connectivity index (χ0v) is 13.0. The molecule has 1 aromatic carbocycles. The lowest BCUT2D eigenvalue weighted by Crippen LogP contribution is -2.13. The van der Waals surface area contributed by atoms with Crippen molar-refractivity contribution in [2.24, 2.45) is 5.73 Å². The number of rotatable bonds is 10. The van der Waals surface area contributed by atoms with Crippen molar-refractivity contribution < 1.29 is 9.13 Å². The normalized spacial score (nSPS) is 10.7. The maximum absolute atomic E-state index is 13.1. The van der Waals surface area contributed by atoms with Gasteiger partial charge in [-0.1, -0.05) is 57.3 Å². The number of thiocarbonyl (C=S) groups is 1. The van der Waals surface area contributed by atoms with Gasteiger partial charge in [0.15, 0.2) is 0 Å². The quantitative estimate of drug-likeness (QED) is 0.515. The van der Waals surface area contributed by atoms with Crippen molar-refractivity contribution in [1.82, 2.24) is 0 Å². The molecule has 112 valence electrons. The fourth-order valence-electron chi connectivity index (χ4n) is 2.07. The number of hydrogen-bond acceptors (Lipinski definition) is 2. The number of ether oxygens (including phenoxy) is 1. The molecule has 4 heteroatoms. The van der Waals surface area contributed by atoms with Crippen molar-refractivity contribution in [3.8, 4) is 0 Å². The van der Waals surface area contributed by atoms with E-state index in [-0.39, 0.29) is 10.8 Å². The molecule has 0 atom stereocenters. The van der Waals surface area contributed by atoms with Crippen molar-refractivity contribution >= 4 is 17.2 Å². The molecule has 0 saturated carbocycles. The zero-order valence-electron chi connectivity index (χ0n) is 12.2. The van der Waals surface area contributed by atoms with Gasteiger partial charge < -0.3 is 10.5 Å². The van der Waals surface area contributed by atoms with Crippen molar-refractivity contribution in [2.75, 3.05) is 6.61 Å². The summed E-state index contributed by atoms with van der Waals surface area (Å²) in [6.07, 6.45) is 7.42. The van der Waals surface area contributed by atoms with Gasteiger partial charge in [-0.15, -0.1) is 0 Å². The minimum absolute atomic E-state index is 0.211. The Morgan fingerprint density at radius 3 is 2.60 bits per heavy atom. The van der Waals surface area contributed by atoms with Crippen LogP contribution in [-0.2, 0) is 11.3 Å². The van der Waals surface area contributed by atoms with Gasteiger partial charge in [-0.05, 0) is 24.1 Å². The molecule has 0 aliphatic rings. The highest BCUT2D eigenvalue weighted by Gasteiger charge is 2.06. The van der Waals surface area contributed by atoms with Crippen molar-refractivity contribution in [1.29, 1.82) is 0 Å². The highest BCUT2D eigenvalue weighted by atomic mass is 32.1. The van der Waals surface area contributed by atoms with Crippen molar-refractivity contribution in [3.63, 3.8) is 0 Å². The van der Waals surface area contributed by atoms with Gasteiger partial charge in [0.1, 0.15) is 10.8 Å². The first-order valence-corrected chi connectivity index (χ1v) is 7.72. The van der Waals surface area contributed by atoms with Crippen LogP contribution in [0.3, 0.4) is 0 Å². The van der Waals surface area contributed by atoms with Crippen LogP contribution >= 0.6 is 12.2 Å². The molecule has 0 aromatic heterocycles. The van der Waals surface area contributed by atoms with Gasteiger partial charge >= 0.3 is 0 Å². The Morgan fingerprint density at radius 2 is 1.90 bits per heavy atom. The highest BCUT2D eigenvalue weighted by Crippen LogP contribution is 2.13. The van der Waals surface area contributed by atoms with Crippen LogP contribution in [0.1, 0.15) is 56.6 Å². The van der Waals surface area contributed by atoms with E-state index in [4.69, 9.17) is 22.7 Å². The summed E-state index contributed by atoms with van der Waals surface area (Å²) in [4.78, 5) is 0.211. The number of unbranched alkanes of at least 4 members (excludes halogenated alkanes) is 5. The van der Waals surface area contributed by atoms with E-state index in [1.807, 2.05) is 0 Å². The topological polar surface area (TPSA) is 35.2 Å². The summed E-state index contributed by atoms with van der Waals surface area (Å²) in [6, 6.07) is 4.46. The average Bonchev–Trinajstić information content (AvgIpc) is 2.43. The van der Waals surface area contributed by atoms with Gasteiger partial charge in [0.25, 0.3) is 0 Å². The van der Waals surface area contributed by atoms with E-state index in [0.29, 0.717) is 12.2 Å². The summed E-state index contributed by atoms with van der Waals surface area (Å²) in [7, 11) is 0. The largest absolute Gasteiger partial charge is 0.389 e. The molecule has 0 unspecified atom stereocenters. The Kier molecular flexibility index (Phi) is 8.38. The van der Waals surface area contributed by atoms with Crippen LogP contribution in [0.2, 0.25) is 0 Å². The third-order valence-corrected chi connectivity index (χ3v) is 3.46. The fraction of sp³-hybridized carbons (Fsp3) is 0.562. The molecule has 0 radical (unpaired) electrons. The van der Waals surface area contributed by atoms with Gasteiger partial charge in [0, 0.05) is 12.2 Å². The van der Waals surface area contributed by atoms with E-state index in [1.54, 1.807) is 6.07 Å². The van der Waals surface area contributed by atoms with Crippen molar-refractivity contribution in [3.05, 3.63) is 35.1 Å². The maximum atomic E-state index is 13.1. The first-order chi connectivity index (χ1) is 9.65. The van der Waals surface area contributed by atoms with Crippen LogP contribution in [0, 0.1) is 5.82 Å². The number of benzene rings is 1. The molecule has 20 heavy (non-hydrogen) atoms. The smallest absolute Gasteiger partial charge is 0.123 e. The molecule has 0 heterocycles. The first-order valence-electron chi connectivity index (χ1n) is 7.31. The van der Waals surface area contributed by atoms with E-state index in [0.717, 1.165) is 18.6 Å². The van der Waals surface area contributed by atoms with Gasteiger partial charge in [-0.2, -0.15) is 0 Å². The monoisotopic (exact) mass is 297 g/mol. The summed E-state index contributed by atoms with van der Waals surface area (Å²) >= 11 is 4.93. The van der Waals surface area contributed by atoms with E-state index in [1.165, 1.54) is 44.2 Å². The molecule has 0 aliphatic carbocycles. The molecule has 0 bridgehead atoms. The van der Waals surface area contributed by atoms with Crippen LogP contribution in [0.4, 0.5) is 4.39 Å². The summed E-state index contributed by atoms with van der Waals surface area (Å²) in [5, 5.41) is 0. The molecular weight excluding hydrogens is 273 g/mol. The van der Waals surface area contributed by atoms with Gasteiger partial charge in [-0.3, -0.25) is 0 Å². The third-order valence-electron chi connectivity index (χ3n) is 3.24. The van der Waals surface area contributed by atoms with Crippen LogP contribution < -0.4 is 5.73 Å². The second-order valence-corrected chi connectivity index (χ2v) is 5.43. The number of hydrogen-bond donors (Lipinski definition) is 1. The molecule has 0 amide bonds. The Bertz CT molecular complexity index is 423. The molecule has 0 saturated heterocycles. The minimum Gasteiger partial charge on any atom is -0.389 e. The molecule has 2 nitrogen and oxygen atoms in total. The number of halogens is 1. The number of nitrogens with two attached hydrogens (primary N) is 1. The molecule has 2 N–H and O–H groups in total. The molecule has 0 aliphatic heterocycles. The third kappa shape index (κ3) is 6.44. The lowest BCUT2D eigenvalue weighted by molar-refractivity contribution is 0.116. The highest BCUT2D eigenvalue weighted by molar-refractivity contribution is 7.80. The first kappa shape index (κ1) is 17.1. The Labute approximate surface area is 126 Å². The van der Waals surface area contributed by atoms with E-state index in [2.05, 4.69) is 6.92 Å². The predicted octanol–water partition coefficient (Wildman–Crippen LogP) is 4.34. The van der Waals surface area contributed by atoms with E-state index in [9.17, 15) is 4.39 Å². The van der Waals surface area contributed by atoms with Crippen LogP contribution in [0.25, 0.3) is 0 Å². The second kappa shape index (κ2) is 9.83. The summed E-state index contributed by atoms with van der Waals surface area (Å²) in [5.41, 5.74) is 7.02. The fourth-order valence-corrected chi connectivity index (χ4v) is 2.26. The van der Waals surface area contributed by atoms with Crippen LogP contribution in [0.15, 0.2) is 18.2 Å². The Morgan fingerprint density at radius 1 is 1.20 bits per heavy atom. The van der Waals surface area contributed by atoms with Gasteiger partial charge in [0.05, 0.1) is 6.61 Å². The van der Waals surface area contributed by atoms with Crippen molar-refractivity contribution in [2.45, 2.75) is 52.1 Å². The minimum atomic E-state index is -0.326. The van der Waals surface area contributed by atoms with Crippen LogP contribution in [-0.4, -0.2) is 11.6 Å². The summed E-state index contributed by atoms with van der Waals surface area (Å²) in [6.45, 7) is 3.37. The maximum Gasteiger partial charge on any atom is 0.123 e. The van der Waals surface area contributed by atoms with Crippen LogP contribution in [0.5, 0.6) is 0 Å². The lowest BCUT2D eigenvalue weighted by Gasteiger charge is -2.09. The summed E-state index contributed by atoms with van der Waals surface area (Å²) < 4.78 is 18.8. The van der Waals surface area contributed by atoms with Gasteiger partial charge in [0.2, 0.25) is 0 Å².